The summed E-state index contributed by atoms with van der Waals surface area (Å²) in [4.78, 5) is 13.7. The molecular weight excluding hydrogens is 384 g/mol. The SMILES string of the molecule is CCCCCCCSCN(CSCCCCCCC)c1ccc(C(N)=O)cc1. The number of benzene rings is 1. The molecule has 0 aromatic heterocycles. The van der Waals surface area contributed by atoms with Crippen molar-refractivity contribution >= 4 is 35.1 Å². The number of hydrogen-bond donors (Lipinski definition) is 1. The van der Waals surface area contributed by atoms with Crippen LogP contribution in [-0.4, -0.2) is 29.2 Å². The van der Waals surface area contributed by atoms with E-state index in [0.29, 0.717) is 5.56 Å². The number of carbonyl (C=O) groups is 1. The summed E-state index contributed by atoms with van der Waals surface area (Å²) in [6.07, 6.45) is 13.4. The Balaban J connectivity index is 2.41. The zero-order valence-corrected chi connectivity index (χ0v) is 19.6. The Morgan fingerprint density at radius 1 is 0.786 bits per heavy atom. The standard InChI is InChI=1S/C23H40N2OS2/c1-3-5-7-9-11-17-27-19-25(20-28-18-12-10-8-6-4-2)22-15-13-21(14-16-22)23(24)26/h13-16H,3-12,17-20H2,1-2H3,(H2,24,26). The van der Waals surface area contributed by atoms with Crippen molar-refractivity contribution < 1.29 is 4.79 Å². The van der Waals surface area contributed by atoms with Gasteiger partial charge in [-0.05, 0) is 48.6 Å². The lowest BCUT2D eigenvalue weighted by Gasteiger charge is -2.24. The summed E-state index contributed by atoms with van der Waals surface area (Å²) in [5.41, 5.74) is 7.14. The van der Waals surface area contributed by atoms with E-state index in [4.69, 9.17) is 5.73 Å². The van der Waals surface area contributed by atoms with E-state index in [9.17, 15) is 4.79 Å². The monoisotopic (exact) mass is 424 g/mol. The van der Waals surface area contributed by atoms with Gasteiger partial charge in [0, 0.05) is 11.3 Å². The Bertz CT molecular complexity index is 490. The first kappa shape index (κ1) is 25.2. The van der Waals surface area contributed by atoms with Crippen LogP contribution in [0.2, 0.25) is 0 Å². The zero-order chi connectivity index (χ0) is 20.5. The van der Waals surface area contributed by atoms with E-state index in [1.165, 1.54) is 81.4 Å². The average molecular weight is 425 g/mol. The van der Waals surface area contributed by atoms with Crippen LogP contribution in [0, 0.1) is 0 Å². The molecule has 0 fully saturated rings. The van der Waals surface area contributed by atoms with Crippen LogP contribution in [0.5, 0.6) is 0 Å². The Morgan fingerprint density at radius 2 is 1.25 bits per heavy atom. The number of amides is 1. The van der Waals surface area contributed by atoms with E-state index < -0.39 is 0 Å². The molecule has 0 atom stereocenters. The van der Waals surface area contributed by atoms with Crippen LogP contribution in [0.3, 0.4) is 0 Å². The van der Waals surface area contributed by atoms with Crippen LogP contribution in [0.1, 0.15) is 88.4 Å². The first-order valence-electron chi connectivity index (χ1n) is 11.0. The fraction of sp³-hybridized carbons (Fsp3) is 0.696. The van der Waals surface area contributed by atoms with Crippen molar-refractivity contribution in [3.63, 3.8) is 0 Å². The third-order valence-corrected chi connectivity index (χ3v) is 6.94. The summed E-state index contributed by atoms with van der Waals surface area (Å²) in [5.74, 6) is 4.10. The first-order valence-corrected chi connectivity index (χ1v) is 13.3. The van der Waals surface area contributed by atoms with E-state index in [2.05, 4.69) is 18.7 Å². The molecule has 0 aliphatic carbocycles. The molecule has 0 spiro atoms. The molecule has 0 bridgehead atoms. The number of unbranched alkanes of at least 4 members (excludes halogenated alkanes) is 8. The second-order valence-corrected chi connectivity index (χ2v) is 9.50. The zero-order valence-electron chi connectivity index (χ0n) is 18.0. The normalized spacial score (nSPS) is 10.9. The maximum atomic E-state index is 11.3. The molecule has 0 unspecified atom stereocenters. The molecule has 2 N–H and O–H groups in total. The first-order chi connectivity index (χ1) is 13.7. The molecule has 0 aliphatic heterocycles. The van der Waals surface area contributed by atoms with Crippen LogP contribution in [0.15, 0.2) is 24.3 Å². The minimum atomic E-state index is -0.360. The van der Waals surface area contributed by atoms with Crippen LogP contribution >= 0.6 is 23.5 Å². The minimum absolute atomic E-state index is 0.360. The number of primary amides is 1. The van der Waals surface area contributed by atoms with Gasteiger partial charge in [-0.15, -0.1) is 23.5 Å². The van der Waals surface area contributed by atoms with Crippen LogP contribution in [-0.2, 0) is 0 Å². The third-order valence-electron chi connectivity index (χ3n) is 4.80. The van der Waals surface area contributed by atoms with Gasteiger partial charge >= 0.3 is 0 Å². The molecule has 0 aliphatic rings. The predicted octanol–water partition coefficient (Wildman–Crippen LogP) is 6.91. The lowest BCUT2D eigenvalue weighted by molar-refractivity contribution is 0.100. The van der Waals surface area contributed by atoms with Gasteiger partial charge in [-0.2, -0.15) is 0 Å². The van der Waals surface area contributed by atoms with Gasteiger partial charge in [-0.25, -0.2) is 0 Å². The van der Waals surface area contributed by atoms with Crippen LogP contribution in [0.25, 0.3) is 0 Å². The highest BCUT2D eigenvalue weighted by molar-refractivity contribution is 8.00. The molecule has 5 heteroatoms. The van der Waals surface area contributed by atoms with Crippen LogP contribution < -0.4 is 10.6 Å². The van der Waals surface area contributed by atoms with E-state index in [-0.39, 0.29) is 5.91 Å². The van der Waals surface area contributed by atoms with Gasteiger partial charge < -0.3 is 10.6 Å². The Morgan fingerprint density at radius 3 is 1.68 bits per heavy atom. The van der Waals surface area contributed by atoms with Crippen molar-refractivity contribution in [2.45, 2.75) is 78.1 Å². The highest BCUT2D eigenvalue weighted by Crippen LogP contribution is 2.22. The van der Waals surface area contributed by atoms with Gasteiger partial charge in [0.1, 0.15) is 0 Å². The molecule has 1 aromatic carbocycles. The molecule has 0 heterocycles. The molecule has 1 amide bonds. The second-order valence-electron chi connectivity index (χ2n) is 7.35. The molecule has 3 nitrogen and oxygen atoms in total. The molecule has 28 heavy (non-hydrogen) atoms. The third kappa shape index (κ3) is 11.9. The van der Waals surface area contributed by atoms with Crippen molar-refractivity contribution in [3.05, 3.63) is 29.8 Å². The summed E-state index contributed by atoms with van der Waals surface area (Å²) in [7, 11) is 0. The summed E-state index contributed by atoms with van der Waals surface area (Å²) in [6, 6.07) is 7.75. The van der Waals surface area contributed by atoms with E-state index >= 15 is 0 Å². The number of anilines is 1. The number of thioether (sulfide) groups is 2. The van der Waals surface area contributed by atoms with Gasteiger partial charge in [0.25, 0.3) is 0 Å². The largest absolute Gasteiger partial charge is 0.366 e. The maximum absolute atomic E-state index is 11.3. The molecule has 0 saturated heterocycles. The molecule has 1 rings (SSSR count). The van der Waals surface area contributed by atoms with Crippen molar-refractivity contribution in [2.75, 3.05) is 28.2 Å². The maximum Gasteiger partial charge on any atom is 0.248 e. The Labute approximate surface area is 181 Å². The fourth-order valence-corrected chi connectivity index (χ4v) is 5.10. The Kier molecular flexibility index (Phi) is 15.4. The topological polar surface area (TPSA) is 46.3 Å². The minimum Gasteiger partial charge on any atom is -0.366 e. The van der Waals surface area contributed by atoms with Gasteiger partial charge in [0.05, 0.1) is 11.8 Å². The van der Waals surface area contributed by atoms with E-state index in [1.807, 2.05) is 47.8 Å². The van der Waals surface area contributed by atoms with Crippen molar-refractivity contribution in [2.24, 2.45) is 5.73 Å². The molecule has 0 radical (unpaired) electrons. The highest BCUT2D eigenvalue weighted by Gasteiger charge is 2.08. The number of rotatable bonds is 18. The van der Waals surface area contributed by atoms with Crippen LogP contribution in [0.4, 0.5) is 5.69 Å². The van der Waals surface area contributed by atoms with Gasteiger partial charge in [-0.3, -0.25) is 4.79 Å². The average Bonchev–Trinajstić information content (AvgIpc) is 2.71. The van der Waals surface area contributed by atoms with Gasteiger partial charge in [0.15, 0.2) is 0 Å². The lowest BCUT2D eigenvalue weighted by Crippen LogP contribution is -2.23. The van der Waals surface area contributed by atoms with E-state index in [0.717, 1.165) is 11.8 Å². The summed E-state index contributed by atoms with van der Waals surface area (Å²) in [6.45, 7) is 4.52. The highest BCUT2D eigenvalue weighted by atomic mass is 32.2. The number of nitrogens with zero attached hydrogens (tertiary/aromatic N) is 1. The quantitative estimate of drug-likeness (QED) is 0.205. The molecule has 160 valence electrons. The van der Waals surface area contributed by atoms with E-state index in [1.54, 1.807) is 0 Å². The van der Waals surface area contributed by atoms with Gasteiger partial charge in [-0.1, -0.05) is 65.2 Å². The molecule has 1 aromatic rings. The molecular formula is C23H40N2OS2. The summed E-state index contributed by atoms with van der Waals surface area (Å²) >= 11 is 4.04. The smallest absolute Gasteiger partial charge is 0.248 e. The Hall–Kier alpha value is -0.810. The van der Waals surface area contributed by atoms with Crippen molar-refractivity contribution in [3.8, 4) is 0 Å². The van der Waals surface area contributed by atoms with Crippen molar-refractivity contribution in [1.29, 1.82) is 0 Å². The number of nitrogens with two attached hydrogens (primary N) is 1. The summed E-state index contributed by atoms with van der Waals surface area (Å²) < 4.78 is 0. The van der Waals surface area contributed by atoms with Crippen molar-refractivity contribution in [1.82, 2.24) is 0 Å². The fourth-order valence-electron chi connectivity index (χ4n) is 2.99. The predicted molar refractivity (Wildman–Crippen MR) is 130 cm³/mol. The number of carbonyl (C=O) groups excluding carboxylic acids is 1. The number of hydrogen-bond acceptors (Lipinski definition) is 4. The van der Waals surface area contributed by atoms with Gasteiger partial charge in [0.2, 0.25) is 5.91 Å². The summed E-state index contributed by atoms with van der Waals surface area (Å²) in [5, 5.41) is 0. The lowest BCUT2D eigenvalue weighted by atomic mass is 10.2. The second kappa shape index (κ2) is 17.1. The molecule has 0 saturated carbocycles.